The number of amides is 1. The van der Waals surface area contributed by atoms with Crippen molar-refractivity contribution in [3.63, 3.8) is 0 Å². The Morgan fingerprint density at radius 3 is 3.00 bits per heavy atom. The highest BCUT2D eigenvalue weighted by molar-refractivity contribution is 7.98. The van der Waals surface area contributed by atoms with Crippen molar-refractivity contribution in [1.82, 2.24) is 10.2 Å². The number of hydrogen-bond acceptors (Lipinski definition) is 5. The second-order valence-electron chi connectivity index (χ2n) is 4.56. The van der Waals surface area contributed by atoms with E-state index in [1.165, 1.54) is 0 Å². The number of piperidine rings is 1. The zero-order valence-electron chi connectivity index (χ0n) is 10.5. The lowest BCUT2D eigenvalue weighted by Gasteiger charge is -2.32. The Bertz CT molecular complexity index is 409. The third-order valence-corrected chi connectivity index (χ3v) is 3.80. The van der Waals surface area contributed by atoms with Gasteiger partial charge in [0.05, 0.1) is 0 Å². The molecule has 1 aliphatic heterocycles. The molecule has 5 nitrogen and oxygen atoms in total. The number of aromatic nitrogens is 2. The molecule has 18 heavy (non-hydrogen) atoms. The monoisotopic (exact) mass is 266 g/mol. The van der Waals surface area contributed by atoms with E-state index in [1.807, 2.05) is 18.4 Å². The van der Waals surface area contributed by atoms with Gasteiger partial charge in [0.25, 0.3) is 0 Å². The van der Waals surface area contributed by atoms with Crippen LogP contribution in [-0.2, 0) is 4.79 Å². The summed E-state index contributed by atoms with van der Waals surface area (Å²) in [5, 5.41) is 9.28. The van der Waals surface area contributed by atoms with Crippen molar-refractivity contribution < 1.29 is 4.79 Å². The van der Waals surface area contributed by atoms with Gasteiger partial charge in [-0.25, -0.2) is 0 Å². The normalized spacial score (nSPS) is 19.8. The minimum Gasteiger partial charge on any atom is -0.370 e. The molecule has 0 aliphatic carbocycles. The lowest BCUT2D eigenvalue weighted by atomic mass is 9.94. The first-order valence-electron chi connectivity index (χ1n) is 6.10. The Morgan fingerprint density at radius 2 is 2.39 bits per heavy atom. The first-order chi connectivity index (χ1) is 8.69. The minimum absolute atomic E-state index is 0.217. The van der Waals surface area contributed by atoms with Crippen molar-refractivity contribution in [3.8, 4) is 0 Å². The largest absolute Gasteiger partial charge is 0.370 e. The molecule has 1 amide bonds. The van der Waals surface area contributed by atoms with E-state index in [0.29, 0.717) is 12.3 Å². The van der Waals surface area contributed by atoms with Gasteiger partial charge in [0.2, 0.25) is 5.91 Å². The molecular weight excluding hydrogens is 248 g/mol. The lowest BCUT2D eigenvalue weighted by molar-refractivity contribution is -0.118. The van der Waals surface area contributed by atoms with E-state index < -0.39 is 0 Å². The quantitative estimate of drug-likeness (QED) is 0.831. The smallest absolute Gasteiger partial charge is 0.217 e. The Hall–Kier alpha value is -1.30. The number of thioether (sulfide) groups is 1. The maximum absolute atomic E-state index is 11.0. The minimum atomic E-state index is -0.217. The van der Waals surface area contributed by atoms with Gasteiger partial charge in [0.1, 0.15) is 5.03 Å². The third-order valence-electron chi connectivity index (χ3n) is 3.17. The number of carbonyl (C=O) groups is 1. The second kappa shape index (κ2) is 6.04. The number of nitrogens with two attached hydrogens (primary N) is 1. The van der Waals surface area contributed by atoms with E-state index in [4.69, 9.17) is 5.73 Å². The molecule has 1 atom stereocenters. The highest BCUT2D eigenvalue weighted by Crippen LogP contribution is 2.23. The Kier molecular flexibility index (Phi) is 4.41. The molecule has 0 spiro atoms. The van der Waals surface area contributed by atoms with E-state index >= 15 is 0 Å². The van der Waals surface area contributed by atoms with Gasteiger partial charge in [-0.15, -0.1) is 22.0 Å². The highest BCUT2D eigenvalue weighted by atomic mass is 32.2. The summed E-state index contributed by atoms with van der Waals surface area (Å²) in [6.07, 6.45) is 4.58. The van der Waals surface area contributed by atoms with Crippen molar-refractivity contribution >= 4 is 23.5 Å². The lowest BCUT2D eigenvalue weighted by Crippen LogP contribution is -2.37. The molecule has 1 fully saturated rings. The summed E-state index contributed by atoms with van der Waals surface area (Å²) >= 11 is 1.58. The summed E-state index contributed by atoms with van der Waals surface area (Å²) in [6.45, 7) is 1.82. The predicted molar refractivity (Wildman–Crippen MR) is 72.6 cm³/mol. The fraction of sp³-hybridized carbons (Fsp3) is 0.583. The molecule has 1 aromatic heterocycles. The number of rotatable bonds is 4. The van der Waals surface area contributed by atoms with Crippen LogP contribution in [0, 0.1) is 5.92 Å². The zero-order valence-corrected chi connectivity index (χ0v) is 11.3. The molecule has 0 bridgehead atoms. The predicted octanol–water partition coefficient (Wildman–Crippen LogP) is 1.29. The second-order valence-corrected chi connectivity index (χ2v) is 5.39. The molecule has 1 unspecified atom stereocenters. The number of anilines is 1. The molecule has 1 aromatic rings. The van der Waals surface area contributed by atoms with Crippen LogP contribution < -0.4 is 10.6 Å². The molecule has 1 saturated heterocycles. The Balaban J connectivity index is 2.01. The van der Waals surface area contributed by atoms with Crippen molar-refractivity contribution in [2.24, 2.45) is 11.7 Å². The fourth-order valence-electron chi connectivity index (χ4n) is 2.31. The van der Waals surface area contributed by atoms with Crippen molar-refractivity contribution in [2.45, 2.75) is 24.3 Å². The van der Waals surface area contributed by atoms with Gasteiger partial charge in [-0.2, -0.15) is 0 Å². The van der Waals surface area contributed by atoms with E-state index in [9.17, 15) is 4.79 Å². The summed E-state index contributed by atoms with van der Waals surface area (Å²) in [6, 6.07) is 3.97. The van der Waals surface area contributed by atoms with Gasteiger partial charge < -0.3 is 10.6 Å². The average molecular weight is 266 g/mol. The van der Waals surface area contributed by atoms with Crippen LogP contribution in [0.1, 0.15) is 19.3 Å². The first-order valence-corrected chi connectivity index (χ1v) is 7.32. The number of primary amides is 1. The van der Waals surface area contributed by atoms with Crippen LogP contribution in [0.3, 0.4) is 0 Å². The first kappa shape index (κ1) is 13.1. The zero-order chi connectivity index (χ0) is 13.0. The number of nitrogens with zero attached hydrogens (tertiary/aromatic N) is 3. The Morgan fingerprint density at radius 1 is 1.56 bits per heavy atom. The van der Waals surface area contributed by atoms with Gasteiger partial charge in [-0.1, -0.05) is 0 Å². The molecule has 0 aromatic carbocycles. The van der Waals surface area contributed by atoms with Crippen LogP contribution in [0.4, 0.5) is 5.82 Å². The van der Waals surface area contributed by atoms with E-state index in [-0.39, 0.29) is 5.91 Å². The maximum Gasteiger partial charge on any atom is 0.217 e. The van der Waals surface area contributed by atoms with Gasteiger partial charge in [-0.3, -0.25) is 4.79 Å². The van der Waals surface area contributed by atoms with Gasteiger partial charge in [0, 0.05) is 19.5 Å². The Labute approximate surface area is 111 Å². The molecule has 0 radical (unpaired) electrons. The van der Waals surface area contributed by atoms with Crippen molar-refractivity contribution in [1.29, 1.82) is 0 Å². The standard InChI is InChI=1S/C12H18N4OS/c1-18-12-5-4-11(14-15-12)16-6-2-3-9(8-16)7-10(13)17/h4-5,9H,2-3,6-8H2,1H3,(H2,13,17). The molecule has 0 saturated carbocycles. The van der Waals surface area contributed by atoms with Crippen molar-refractivity contribution in [2.75, 3.05) is 24.2 Å². The van der Waals surface area contributed by atoms with Crippen LogP contribution in [0.15, 0.2) is 17.2 Å². The van der Waals surface area contributed by atoms with Gasteiger partial charge >= 0.3 is 0 Å². The van der Waals surface area contributed by atoms with Gasteiger partial charge in [-0.05, 0) is 37.1 Å². The average Bonchev–Trinajstić information content (AvgIpc) is 2.38. The summed E-state index contributed by atoms with van der Waals surface area (Å²) < 4.78 is 0. The van der Waals surface area contributed by atoms with E-state index in [2.05, 4.69) is 15.1 Å². The van der Waals surface area contributed by atoms with Crippen molar-refractivity contribution in [3.05, 3.63) is 12.1 Å². The third kappa shape index (κ3) is 3.35. The molecule has 1 aliphatic rings. The van der Waals surface area contributed by atoms with Crippen LogP contribution in [-0.4, -0.2) is 35.4 Å². The molecule has 2 N–H and O–H groups in total. The van der Waals surface area contributed by atoms with E-state index in [0.717, 1.165) is 36.8 Å². The molecule has 98 valence electrons. The molecule has 2 rings (SSSR count). The van der Waals surface area contributed by atoms with Crippen LogP contribution in [0.2, 0.25) is 0 Å². The molecule has 2 heterocycles. The highest BCUT2D eigenvalue weighted by Gasteiger charge is 2.22. The molecular formula is C12H18N4OS. The summed E-state index contributed by atoms with van der Waals surface area (Å²) in [5.41, 5.74) is 5.26. The molecule has 6 heteroatoms. The van der Waals surface area contributed by atoms with Crippen LogP contribution >= 0.6 is 11.8 Å². The summed E-state index contributed by atoms with van der Waals surface area (Å²) in [5.74, 6) is 1.02. The fourth-order valence-corrected chi connectivity index (χ4v) is 2.64. The maximum atomic E-state index is 11.0. The van der Waals surface area contributed by atoms with Crippen LogP contribution in [0.5, 0.6) is 0 Å². The van der Waals surface area contributed by atoms with E-state index in [1.54, 1.807) is 11.8 Å². The number of carbonyl (C=O) groups excluding carboxylic acids is 1. The van der Waals surface area contributed by atoms with Gasteiger partial charge in [0.15, 0.2) is 5.82 Å². The number of hydrogen-bond donors (Lipinski definition) is 1. The van der Waals surface area contributed by atoms with Crippen LogP contribution in [0.25, 0.3) is 0 Å². The SMILES string of the molecule is CSc1ccc(N2CCCC(CC(N)=O)C2)nn1. The summed E-state index contributed by atoms with van der Waals surface area (Å²) in [7, 11) is 0. The topological polar surface area (TPSA) is 72.1 Å². The summed E-state index contributed by atoms with van der Waals surface area (Å²) in [4.78, 5) is 13.2.